The highest BCUT2D eigenvalue weighted by Crippen LogP contribution is 2.32. The second-order valence-electron chi connectivity index (χ2n) is 4.99. The summed E-state index contributed by atoms with van der Waals surface area (Å²) in [7, 11) is 0. The molecule has 0 heterocycles. The van der Waals surface area contributed by atoms with Gasteiger partial charge in [-0.15, -0.1) is 11.6 Å². The van der Waals surface area contributed by atoms with Crippen LogP contribution in [0.4, 0.5) is 13.2 Å². The van der Waals surface area contributed by atoms with E-state index >= 15 is 0 Å². The van der Waals surface area contributed by atoms with Crippen LogP contribution >= 0.6 is 11.6 Å². The number of hydrogen-bond donors (Lipinski definition) is 1. The molecule has 2 rings (SSSR count). The zero-order valence-electron chi connectivity index (χ0n) is 10.5. The van der Waals surface area contributed by atoms with Crippen molar-refractivity contribution in [3.8, 4) is 0 Å². The van der Waals surface area contributed by atoms with E-state index in [0.29, 0.717) is 18.0 Å². The second kappa shape index (κ2) is 6.14. The van der Waals surface area contributed by atoms with Crippen LogP contribution in [0.25, 0.3) is 0 Å². The van der Waals surface area contributed by atoms with Gasteiger partial charge in [0.2, 0.25) is 0 Å². The van der Waals surface area contributed by atoms with Gasteiger partial charge in [-0.3, -0.25) is 0 Å². The molecule has 1 aliphatic carbocycles. The van der Waals surface area contributed by atoms with Crippen molar-refractivity contribution in [1.82, 2.24) is 5.32 Å². The topological polar surface area (TPSA) is 12.0 Å². The predicted octanol–water partition coefficient (Wildman–Crippen LogP) is 4.20. The van der Waals surface area contributed by atoms with Crippen molar-refractivity contribution < 1.29 is 13.2 Å². The van der Waals surface area contributed by atoms with Gasteiger partial charge >= 0.3 is 6.18 Å². The molecular weight excluding hydrogens is 275 g/mol. The molecule has 0 bridgehead atoms. The third-order valence-electron chi connectivity index (χ3n) is 3.61. The van der Waals surface area contributed by atoms with Gasteiger partial charge < -0.3 is 5.32 Å². The zero-order chi connectivity index (χ0) is 13.9. The molecule has 0 amide bonds. The van der Waals surface area contributed by atoms with Crippen LogP contribution in [0.3, 0.4) is 0 Å². The number of benzene rings is 1. The number of rotatable bonds is 4. The lowest BCUT2D eigenvalue weighted by molar-refractivity contribution is -0.138. The van der Waals surface area contributed by atoms with E-state index in [0.717, 1.165) is 25.3 Å². The van der Waals surface area contributed by atoms with Gasteiger partial charge in [-0.1, -0.05) is 24.6 Å². The molecular formula is C14H17ClF3N. The fourth-order valence-electron chi connectivity index (χ4n) is 2.56. The Morgan fingerprint density at radius 2 is 1.95 bits per heavy atom. The summed E-state index contributed by atoms with van der Waals surface area (Å²) in [5, 5.41) is 3.26. The molecule has 1 saturated carbocycles. The molecule has 1 N–H and O–H groups in total. The van der Waals surface area contributed by atoms with Crippen LogP contribution in [-0.4, -0.2) is 11.9 Å². The molecule has 0 aliphatic heterocycles. The van der Waals surface area contributed by atoms with Gasteiger partial charge in [0, 0.05) is 11.9 Å². The number of alkyl halides is 4. The van der Waals surface area contributed by atoms with E-state index in [9.17, 15) is 13.2 Å². The molecule has 0 aromatic heterocycles. The Balaban J connectivity index is 1.92. The molecule has 0 saturated heterocycles. The molecule has 19 heavy (non-hydrogen) atoms. The lowest BCUT2D eigenvalue weighted by Gasteiger charge is -2.16. The van der Waals surface area contributed by atoms with Gasteiger partial charge in [-0.05, 0) is 36.9 Å². The molecule has 5 heteroatoms. The van der Waals surface area contributed by atoms with E-state index in [-0.39, 0.29) is 11.9 Å². The van der Waals surface area contributed by atoms with E-state index in [1.807, 2.05) is 0 Å². The zero-order valence-corrected chi connectivity index (χ0v) is 11.3. The second-order valence-corrected chi connectivity index (χ2v) is 5.55. The first-order valence-electron chi connectivity index (χ1n) is 6.48. The summed E-state index contributed by atoms with van der Waals surface area (Å²) in [5.41, 5.74) is -0.268. The van der Waals surface area contributed by atoms with Gasteiger partial charge in [-0.2, -0.15) is 13.2 Å². The summed E-state index contributed by atoms with van der Waals surface area (Å²) in [6.07, 6.45) is -1.12. The van der Waals surface area contributed by atoms with Crippen LogP contribution in [0.2, 0.25) is 0 Å². The Bertz CT molecular complexity index is 419. The van der Waals surface area contributed by atoms with Crippen molar-refractivity contribution in [3.05, 3.63) is 35.4 Å². The first kappa shape index (κ1) is 14.7. The van der Waals surface area contributed by atoms with Crippen LogP contribution in [0.5, 0.6) is 0 Å². The SMILES string of the molecule is FC(F)(F)c1ccccc1CNCC1CCCC1Cl. The minimum absolute atomic E-state index is 0.158. The van der Waals surface area contributed by atoms with Gasteiger partial charge in [0.1, 0.15) is 0 Å². The van der Waals surface area contributed by atoms with E-state index in [4.69, 9.17) is 11.6 Å². The average Bonchev–Trinajstić information content (AvgIpc) is 2.75. The highest BCUT2D eigenvalue weighted by Gasteiger charge is 2.32. The molecule has 0 radical (unpaired) electrons. The summed E-state index contributed by atoms with van der Waals surface area (Å²) >= 11 is 6.14. The highest BCUT2D eigenvalue weighted by molar-refractivity contribution is 6.20. The number of hydrogen-bond acceptors (Lipinski definition) is 1. The summed E-state index contributed by atoms with van der Waals surface area (Å²) < 4.78 is 38.4. The Labute approximate surface area is 116 Å². The van der Waals surface area contributed by atoms with E-state index < -0.39 is 11.7 Å². The van der Waals surface area contributed by atoms with E-state index in [1.165, 1.54) is 12.1 Å². The third-order valence-corrected chi connectivity index (χ3v) is 4.19. The molecule has 1 nitrogen and oxygen atoms in total. The maximum atomic E-state index is 12.8. The number of nitrogens with one attached hydrogen (secondary N) is 1. The monoisotopic (exact) mass is 291 g/mol. The maximum absolute atomic E-state index is 12.8. The van der Waals surface area contributed by atoms with Crippen molar-refractivity contribution in [3.63, 3.8) is 0 Å². The quantitative estimate of drug-likeness (QED) is 0.820. The molecule has 106 valence electrons. The van der Waals surface area contributed by atoms with Crippen molar-refractivity contribution in [2.75, 3.05) is 6.54 Å². The van der Waals surface area contributed by atoms with Crippen LogP contribution in [0.1, 0.15) is 30.4 Å². The average molecular weight is 292 g/mol. The first-order chi connectivity index (χ1) is 8.98. The van der Waals surface area contributed by atoms with Gasteiger partial charge in [0.15, 0.2) is 0 Å². The van der Waals surface area contributed by atoms with E-state index in [2.05, 4.69) is 5.32 Å². The Morgan fingerprint density at radius 3 is 2.58 bits per heavy atom. The maximum Gasteiger partial charge on any atom is 0.416 e. The normalized spacial score (nSPS) is 23.8. The summed E-state index contributed by atoms with van der Waals surface area (Å²) in [6, 6.07) is 5.68. The molecule has 1 aromatic rings. The smallest absolute Gasteiger partial charge is 0.312 e. The predicted molar refractivity (Wildman–Crippen MR) is 70.1 cm³/mol. The summed E-state index contributed by atoms with van der Waals surface area (Å²) in [5.74, 6) is 0.375. The summed E-state index contributed by atoms with van der Waals surface area (Å²) in [6.45, 7) is 0.913. The van der Waals surface area contributed by atoms with Crippen LogP contribution in [0, 0.1) is 5.92 Å². The minimum Gasteiger partial charge on any atom is -0.312 e. The van der Waals surface area contributed by atoms with Crippen LogP contribution in [-0.2, 0) is 12.7 Å². The lowest BCUT2D eigenvalue weighted by atomic mass is 10.1. The largest absolute Gasteiger partial charge is 0.416 e. The Kier molecular flexibility index (Phi) is 4.74. The fourth-order valence-corrected chi connectivity index (χ4v) is 2.93. The summed E-state index contributed by atoms with van der Waals surface area (Å²) in [4.78, 5) is 0. The molecule has 1 aliphatic rings. The molecule has 1 aromatic carbocycles. The highest BCUT2D eigenvalue weighted by atomic mass is 35.5. The van der Waals surface area contributed by atoms with Crippen LogP contribution in [0.15, 0.2) is 24.3 Å². The molecule has 2 unspecified atom stereocenters. The van der Waals surface area contributed by atoms with Gasteiger partial charge in [0.05, 0.1) is 5.56 Å². The van der Waals surface area contributed by atoms with E-state index in [1.54, 1.807) is 6.07 Å². The minimum atomic E-state index is -4.29. The first-order valence-corrected chi connectivity index (χ1v) is 6.92. The molecule has 2 atom stereocenters. The van der Waals surface area contributed by atoms with Crippen molar-refractivity contribution >= 4 is 11.6 Å². The number of halogens is 4. The van der Waals surface area contributed by atoms with Crippen molar-refractivity contribution in [2.45, 2.75) is 37.4 Å². The third kappa shape index (κ3) is 3.86. The van der Waals surface area contributed by atoms with Crippen LogP contribution < -0.4 is 5.32 Å². The lowest BCUT2D eigenvalue weighted by Crippen LogP contribution is -2.26. The van der Waals surface area contributed by atoms with Crippen molar-refractivity contribution in [2.24, 2.45) is 5.92 Å². The molecule has 0 spiro atoms. The van der Waals surface area contributed by atoms with Gasteiger partial charge in [-0.25, -0.2) is 0 Å². The Morgan fingerprint density at radius 1 is 1.21 bits per heavy atom. The molecule has 1 fully saturated rings. The standard InChI is InChI=1S/C14H17ClF3N/c15-13-7-3-5-11(13)9-19-8-10-4-1-2-6-12(10)14(16,17)18/h1-2,4,6,11,13,19H,3,5,7-9H2. The Hall–Kier alpha value is -0.740. The fraction of sp³-hybridized carbons (Fsp3) is 0.571. The van der Waals surface area contributed by atoms with Crippen molar-refractivity contribution in [1.29, 1.82) is 0 Å². The van der Waals surface area contributed by atoms with Gasteiger partial charge in [0.25, 0.3) is 0 Å².